The maximum absolute atomic E-state index is 12.1. The molecular weight excluding hydrogens is 370 g/mol. The number of nitrogens with one attached hydrogen (secondary N) is 1. The Balaban J connectivity index is 1.40. The normalized spacial score (nSPS) is 11.2. The molecule has 0 atom stereocenters. The van der Waals surface area contributed by atoms with E-state index in [0.29, 0.717) is 19.4 Å². The van der Waals surface area contributed by atoms with Crippen LogP contribution in [0.2, 0.25) is 0 Å². The predicted molar refractivity (Wildman–Crippen MR) is 114 cm³/mol. The van der Waals surface area contributed by atoms with E-state index in [1.54, 1.807) is 6.20 Å². The van der Waals surface area contributed by atoms with Gasteiger partial charge in [0.15, 0.2) is 0 Å². The summed E-state index contributed by atoms with van der Waals surface area (Å²) in [7, 11) is 0. The first-order valence-electron chi connectivity index (χ1n) is 9.33. The quantitative estimate of drug-likeness (QED) is 0.551. The molecule has 0 fully saturated rings. The molecule has 3 aromatic rings. The fourth-order valence-electron chi connectivity index (χ4n) is 2.71. The van der Waals surface area contributed by atoms with E-state index in [1.165, 1.54) is 17.1 Å². The van der Waals surface area contributed by atoms with Crippen LogP contribution in [0.1, 0.15) is 39.2 Å². The Labute approximate surface area is 169 Å². The van der Waals surface area contributed by atoms with Gasteiger partial charge in [-0.15, -0.1) is 5.10 Å². The van der Waals surface area contributed by atoms with Gasteiger partial charge in [-0.25, -0.2) is 0 Å². The van der Waals surface area contributed by atoms with Gasteiger partial charge in [0.1, 0.15) is 5.75 Å². The van der Waals surface area contributed by atoms with Crippen LogP contribution < -0.4 is 10.1 Å². The summed E-state index contributed by atoms with van der Waals surface area (Å²) in [5.74, 6) is 0.820. The van der Waals surface area contributed by atoms with Gasteiger partial charge in [0, 0.05) is 12.1 Å². The number of nitrogens with zero attached hydrogens (tertiary/aromatic N) is 2. The smallest absolute Gasteiger partial charge is 0.224 e. The van der Waals surface area contributed by atoms with E-state index in [0.717, 1.165) is 21.9 Å². The number of hydrogen-bond acceptors (Lipinski definition) is 5. The van der Waals surface area contributed by atoms with E-state index in [2.05, 4.69) is 47.8 Å². The number of carbonyl (C=O) groups excluding carboxylic acids is 1. The summed E-state index contributed by atoms with van der Waals surface area (Å²) in [6, 6.07) is 15.8. The van der Waals surface area contributed by atoms with Crippen LogP contribution in [0, 0.1) is 0 Å². The van der Waals surface area contributed by atoms with Gasteiger partial charge in [0.25, 0.3) is 0 Å². The van der Waals surface area contributed by atoms with Gasteiger partial charge in [-0.05, 0) is 58.8 Å². The second-order valence-corrected chi connectivity index (χ2v) is 8.42. The molecule has 1 N–H and O–H groups in total. The van der Waals surface area contributed by atoms with Crippen LogP contribution in [0.3, 0.4) is 0 Å². The SMILES string of the molecule is CC(C)(C)c1ccc(OCCCC(=O)Nc2ccc(-c3cnns3)cc2)cc1. The highest BCUT2D eigenvalue weighted by Gasteiger charge is 2.13. The van der Waals surface area contributed by atoms with Gasteiger partial charge >= 0.3 is 0 Å². The number of hydrogen-bond donors (Lipinski definition) is 1. The van der Waals surface area contributed by atoms with Crippen LogP contribution in [0.5, 0.6) is 5.75 Å². The van der Waals surface area contributed by atoms with Crippen molar-refractivity contribution < 1.29 is 9.53 Å². The lowest BCUT2D eigenvalue weighted by atomic mass is 9.87. The molecule has 1 aromatic heterocycles. The number of rotatable bonds is 7. The largest absolute Gasteiger partial charge is 0.494 e. The number of anilines is 1. The van der Waals surface area contributed by atoms with E-state index in [4.69, 9.17) is 4.74 Å². The minimum Gasteiger partial charge on any atom is -0.494 e. The number of ether oxygens (including phenoxy) is 1. The number of benzene rings is 2. The molecule has 3 rings (SSSR count). The lowest BCUT2D eigenvalue weighted by molar-refractivity contribution is -0.116. The minimum atomic E-state index is -0.0149. The van der Waals surface area contributed by atoms with E-state index in [9.17, 15) is 4.79 Å². The molecule has 0 saturated heterocycles. The summed E-state index contributed by atoms with van der Waals surface area (Å²) in [4.78, 5) is 13.1. The highest BCUT2D eigenvalue weighted by atomic mass is 32.1. The average Bonchev–Trinajstić information content (AvgIpc) is 3.20. The zero-order valence-electron chi connectivity index (χ0n) is 16.4. The van der Waals surface area contributed by atoms with Crippen molar-refractivity contribution in [1.82, 2.24) is 9.59 Å². The molecule has 146 valence electrons. The van der Waals surface area contributed by atoms with Crippen LogP contribution in [-0.4, -0.2) is 22.1 Å². The molecule has 1 amide bonds. The topological polar surface area (TPSA) is 64.1 Å². The molecule has 0 bridgehead atoms. The summed E-state index contributed by atoms with van der Waals surface area (Å²) in [5, 5.41) is 6.75. The van der Waals surface area contributed by atoms with Crippen molar-refractivity contribution in [2.45, 2.75) is 39.0 Å². The van der Waals surface area contributed by atoms with Crippen molar-refractivity contribution in [3.05, 3.63) is 60.3 Å². The standard InChI is InChI=1S/C22H25N3O2S/c1-22(2,3)17-8-12-19(13-9-17)27-14-4-5-21(26)24-18-10-6-16(7-11-18)20-15-23-25-28-20/h6-13,15H,4-5,14H2,1-3H3,(H,24,26). The number of amides is 1. The summed E-state index contributed by atoms with van der Waals surface area (Å²) < 4.78 is 9.60. The van der Waals surface area contributed by atoms with E-state index >= 15 is 0 Å². The van der Waals surface area contributed by atoms with Gasteiger partial charge in [-0.3, -0.25) is 4.79 Å². The van der Waals surface area contributed by atoms with E-state index in [-0.39, 0.29) is 11.3 Å². The molecule has 0 radical (unpaired) electrons. The van der Waals surface area contributed by atoms with Crippen molar-refractivity contribution in [3.63, 3.8) is 0 Å². The highest BCUT2D eigenvalue weighted by Crippen LogP contribution is 2.25. The molecule has 0 aliphatic heterocycles. The molecule has 0 aliphatic carbocycles. The molecule has 0 aliphatic rings. The van der Waals surface area contributed by atoms with Crippen molar-refractivity contribution in [1.29, 1.82) is 0 Å². The monoisotopic (exact) mass is 395 g/mol. The predicted octanol–water partition coefficient (Wildman–Crippen LogP) is 5.30. The summed E-state index contributed by atoms with van der Waals surface area (Å²) >= 11 is 1.35. The third kappa shape index (κ3) is 5.63. The Morgan fingerprint density at radius 1 is 1.07 bits per heavy atom. The van der Waals surface area contributed by atoms with Crippen molar-refractivity contribution in [3.8, 4) is 16.2 Å². The lowest BCUT2D eigenvalue weighted by Crippen LogP contribution is -2.13. The van der Waals surface area contributed by atoms with Gasteiger partial charge in [0.2, 0.25) is 5.91 Å². The maximum atomic E-state index is 12.1. The first-order chi connectivity index (χ1) is 13.4. The molecule has 28 heavy (non-hydrogen) atoms. The average molecular weight is 396 g/mol. The third-order valence-electron chi connectivity index (χ3n) is 4.35. The Morgan fingerprint density at radius 2 is 1.79 bits per heavy atom. The van der Waals surface area contributed by atoms with E-state index in [1.807, 2.05) is 36.4 Å². The van der Waals surface area contributed by atoms with Crippen LogP contribution in [0.4, 0.5) is 5.69 Å². The van der Waals surface area contributed by atoms with Crippen molar-refractivity contribution >= 4 is 23.1 Å². The minimum absolute atomic E-state index is 0.0149. The number of aromatic nitrogens is 2. The summed E-state index contributed by atoms with van der Waals surface area (Å²) in [6.45, 7) is 7.07. The van der Waals surface area contributed by atoms with Gasteiger partial charge in [-0.1, -0.05) is 49.5 Å². The Hall–Kier alpha value is -2.73. The van der Waals surface area contributed by atoms with Crippen LogP contribution >= 0.6 is 11.5 Å². The number of carbonyl (C=O) groups is 1. The van der Waals surface area contributed by atoms with Gasteiger partial charge < -0.3 is 10.1 Å². The third-order valence-corrected chi connectivity index (χ3v) is 5.07. The van der Waals surface area contributed by atoms with Gasteiger partial charge in [-0.2, -0.15) is 0 Å². The molecule has 6 heteroatoms. The van der Waals surface area contributed by atoms with Crippen molar-refractivity contribution in [2.75, 3.05) is 11.9 Å². The van der Waals surface area contributed by atoms with Gasteiger partial charge in [0.05, 0.1) is 17.7 Å². The molecule has 0 unspecified atom stereocenters. The highest BCUT2D eigenvalue weighted by molar-refractivity contribution is 7.09. The van der Waals surface area contributed by atoms with Crippen LogP contribution in [0.15, 0.2) is 54.7 Å². The lowest BCUT2D eigenvalue weighted by Gasteiger charge is -2.19. The first-order valence-corrected chi connectivity index (χ1v) is 10.1. The molecule has 0 saturated carbocycles. The molecule has 2 aromatic carbocycles. The fourth-order valence-corrected chi connectivity index (χ4v) is 3.23. The van der Waals surface area contributed by atoms with Crippen molar-refractivity contribution in [2.24, 2.45) is 0 Å². The Kier molecular flexibility index (Phi) is 6.41. The zero-order valence-corrected chi connectivity index (χ0v) is 17.3. The second-order valence-electron chi connectivity index (χ2n) is 7.63. The summed E-state index contributed by atoms with van der Waals surface area (Å²) in [6.07, 6.45) is 2.81. The van der Waals surface area contributed by atoms with Crippen LogP contribution in [0.25, 0.3) is 10.4 Å². The Morgan fingerprint density at radius 3 is 2.39 bits per heavy atom. The molecule has 0 spiro atoms. The van der Waals surface area contributed by atoms with Crippen LogP contribution in [-0.2, 0) is 10.2 Å². The Bertz CT molecular complexity index is 883. The molecular formula is C22H25N3O2S. The van der Waals surface area contributed by atoms with E-state index < -0.39 is 0 Å². The maximum Gasteiger partial charge on any atom is 0.224 e. The molecule has 1 heterocycles. The molecule has 5 nitrogen and oxygen atoms in total. The zero-order chi connectivity index (χ0) is 20.0. The first kappa shape index (κ1) is 20.0. The fraction of sp³-hybridized carbons (Fsp3) is 0.318. The second kappa shape index (κ2) is 8.97. The summed E-state index contributed by atoms with van der Waals surface area (Å²) in [5.41, 5.74) is 3.23.